The van der Waals surface area contributed by atoms with Crippen LogP contribution in [0.2, 0.25) is 0 Å². The van der Waals surface area contributed by atoms with Gasteiger partial charge in [0.2, 0.25) is 9.84 Å². The Kier molecular flexibility index (Phi) is 7.02. The summed E-state index contributed by atoms with van der Waals surface area (Å²) in [6.45, 7) is 0. The summed E-state index contributed by atoms with van der Waals surface area (Å²) in [4.78, 5) is 0.196. The molecule has 6 nitrogen and oxygen atoms in total. The normalized spacial score (nSPS) is 10.8. The lowest BCUT2D eigenvalue weighted by Crippen LogP contribution is -2.01. The van der Waals surface area contributed by atoms with Crippen LogP contribution in [0.15, 0.2) is 107 Å². The van der Waals surface area contributed by atoms with Crippen LogP contribution in [0.4, 0.5) is 0 Å². The Bertz CT molecular complexity index is 1150. The number of sulfone groups is 1. The Morgan fingerprint density at radius 1 is 0.438 bits per heavy atom. The van der Waals surface area contributed by atoms with E-state index >= 15 is 0 Å². The number of benzene rings is 4. The van der Waals surface area contributed by atoms with Crippen molar-refractivity contribution in [2.45, 2.75) is 16.2 Å². The summed E-state index contributed by atoms with van der Waals surface area (Å²) in [5.41, 5.74) is 2.27. The zero-order valence-electron chi connectivity index (χ0n) is 17.0. The van der Waals surface area contributed by atoms with Crippen molar-refractivity contribution >= 4 is 9.84 Å². The van der Waals surface area contributed by atoms with Crippen LogP contribution in [0.3, 0.4) is 0 Å². The Morgan fingerprint density at radius 2 is 0.688 bits per heavy atom. The van der Waals surface area contributed by atoms with Gasteiger partial charge in [-0.15, -0.1) is 0 Å². The van der Waals surface area contributed by atoms with Crippen LogP contribution in [0, 0.1) is 0 Å². The lowest BCUT2D eigenvalue weighted by molar-refractivity contribution is 0.474. The van der Waals surface area contributed by atoms with Crippen LogP contribution in [0.25, 0.3) is 0 Å². The zero-order chi connectivity index (χ0) is 23.1. The highest BCUT2D eigenvalue weighted by Gasteiger charge is 2.17. The van der Waals surface area contributed by atoms with E-state index in [1.54, 1.807) is 24.3 Å². The van der Waals surface area contributed by atoms with Gasteiger partial charge in [0.1, 0.15) is 23.0 Å². The third-order valence-electron chi connectivity index (χ3n) is 4.57. The highest BCUT2D eigenvalue weighted by molar-refractivity contribution is 7.91. The molecular weight excluding hydrogens is 428 g/mol. The van der Waals surface area contributed by atoms with Crippen LogP contribution < -0.4 is 0 Å². The van der Waals surface area contributed by atoms with Crippen LogP contribution in [-0.2, 0) is 16.3 Å². The molecule has 0 spiro atoms. The van der Waals surface area contributed by atoms with E-state index < -0.39 is 9.84 Å². The van der Waals surface area contributed by atoms with Gasteiger partial charge in [-0.25, -0.2) is 8.42 Å². The third-order valence-corrected chi connectivity index (χ3v) is 6.36. The summed E-state index contributed by atoms with van der Waals surface area (Å²) in [6, 6.07) is 24.8. The molecule has 0 bridgehead atoms. The van der Waals surface area contributed by atoms with Gasteiger partial charge in [-0.1, -0.05) is 24.3 Å². The molecule has 0 aliphatic carbocycles. The molecule has 0 atom stereocenters. The molecule has 0 radical (unpaired) electrons. The summed E-state index contributed by atoms with van der Waals surface area (Å²) in [6.07, 6.45) is 0.806. The number of hydrogen-bond acceptors (Lipinski definition) is 6. The largest absolute Gasteiger partial charge is 0.508 e. The fourth-order valence-electron chi connectivity index (χ4n) is 2.85. The van der Waals surface area contributed by atoms with E-state index in [2.05, 4.69) is 0 Å². The van der Waals surface area contributed by atoms with Gasteiger partial charge in [-0.3, -0.25) is 0 Å². The molecule has 0 aromatic heterocycles. The monoisotopic (exact) mass is 450 g/mol. The second kappa shape index (κ2) is 9.89. The molecule has 32 heavy (non-hydrogen) atoms. The highest BCUT2D eigenvalue weighted by Crippen LogP contribution is 2.24. The summed E-state index contributed by atoms with van der Waals surface area (Å²) >= 11 is 0. The molecule has 0 saturated carbocycles. The molecular formula is C25H22O6S. The molecule has 0 saturated heterocycles. The van der Waals surface area contributed by atoms with Gasteiger partial charge in [0.25, 0.3) is 0 Å². The summed E-state index contributed by atoms with van der Waals surface area (Å²) in [5, 5.41) is 36.5. The fraction of sp³-hybridized carbons (Fsp3) is 0.0400. The van der Waals surface area contributed by atoms with Crippen molar-refractivity contribution in [1.29, 1.82) is 0 Å². The minimum atomic E-state index is -3.59. The van der Waals surface area contributed by atoms with Crippen LogP contribution in [-0.4, -0.2) is 28.8 Å². The molecule has 0 fully saturated rings. The van der Waals surface area contributed by atoms with E-state index in [0.29, 0.717) is 0 Å². The number of aromatic hydroxyl groups is 4. The SMILES string of the molecule is O=S(=O)(c1ccc(O)cc1)c1ccc(O)cc1.Oc1ccc(Cc2ccc(O)cc2)cc1. The van der Waals surface area contributed by atoms with E-state index in [0.717, 1.165) is 17.5 Å². The molecule has 0 aliphatic heterocycles. The zero-order valence-corrected chi connectivity index (χ0v) is 17.8. The number of phenols is 4. The van der Waals surface area contributed by atoms with Gasteiger partial charge < -0.3 is 20.4 Å². The van der Waals surface area contributed by atoms with Gasteiger partial charge in [0.05, 0.1) is 9.79 Å². The maximum atomic E-state index is 12.1. The molecule has 0 heterocycles. The van der Waals surface area contributed by atoms with E-state index in [4.69, 9.17) is 20.4 Å². The smallest absolute Gasteiger partial charge is 0.206 e. The minimum Gasteiger partial charge on any atom is -0.508 e. The topological polar surface area (TPSA) is 115 Å². The fourth-order valence-corrected chi connectivity index (χ4v) is 4.11. The second-order valence-corrected chi connectivity index (χ2v) is 8.95. The highest BCUT2D eigenvalue weighted by atomic mass is 32.2. The van der Waals surface area contributed by atoms with Crippen molar-refractivity contribution < 1.29 is 28.8 Å². The number of rotatable bonds is 4. The van der Waals surface area contributed by atoms with Crippen molar-refractivity contribution in [2.24, 2.45) is 0 Å². The Balaban J connectivity index is 0.000000182. The van der Waals surface area contributed by atoms with Crippen LogP contribution in [0.1, 0.15) is 11.1 Å². The maximum Gasteiger partial charge on any atom is 0.206 e. The first-order chi connectivity index (χ1) is 15.2. The first-order valence-electron chi connectivity index (χ1n) is 9.63. The van der Waals surface area contributed by atoms with Gasteiger partial charge in [-0.05, 0) is 90.3 Å². The first kappa shape index (κ1) is 22.7. The van der Waals surface area contributed by atoms with E-state index in [-0.39, 0.29) is 32.8 Å². The lowest BCUT2D eigenvalue weighted by Gasteiger charge is -2.04. The Labute approximate surface area is 186 Å². The van der Waals surface area contributed by atoms with Crippen molar-refractivity contribution in [3.05, 3.63) is 108 Å². The van der Waals surface area contributed by atoms with Crippen molar-refractivity contribution in [2.75, 3.05) is 0 Å². The van der Waals surface area contributed by atoms with Crippen LogP contribution >= 0.6 is 0 Å². The molecule has 0 amide bonds. The van der Waals surface area contributed by atoms with Crippen molar-refractivity contribution in [1.82, 2.24) is 0 Å². The third kappa shape index (κ3) is 6.02. The minimum absolute atomic E-state index is 0.00894. The van der Waals surface area contributed by atoms with Gasteiger partial charge in [0, 0.05) is 0 Å². The van der Waals surface area contributed by atoms with E-state index in [9.17, 15) is 8.42 Å². The average Bonchev–Trinajstić information content (AvgIpc) is 2.78. The molecule has 4 N–H and O–H groups in total. The van der Waals surface area contributed by atoms with E-state index in [1.807, 2.05) is 24.3 Å². The van der Waals surface area contributed by atoms with Crippen LogP contribution in [0.5, 0.6) is 23.0 Å². The lowest BCUT2D eigenvalue weighted by atomic mass is 10.1. The predicted molar refractivity (Wildman–Crippen MR) is 121 cm³/mol. The Morgan fingerprint density at radius 3 is 0.969 bits per heavy atom. The number of phenolic OH excluding ortho intramolecular Hbond substituents is 4. The molecule has 4 rings (SSSR count). The molecule has 0 aliphatic rings. The quantitative estimate of drug-likeness (QED) is 0.361. The maximum absolute atomic E-state index is 12.1. The first-order valence-corrected chi connectivity index (χ1v) is 11.1. The molecule has 0 unspecified atom stereocenters. The standard InChI is InChI=1S/C13H12O2.C12H10O4S/c14-12-5-1-10(2-6-12)9-11-3-7-13(15)8-4-11;13-9-1-5-11(6-2-9)17(15,16)12-7-3-10(14)4-8-12/h1-8,14-15H,9H2;1-8,13-14H. The molecule has 4 aromatic rings. The number of hydrogen-bond donors (Lipinski definition) is 4. The van der Waals surface area contributed by atoms with Gasteiger partial charge in [0.15, 0.2) is 0 Å². The molecule has 4 aromatic carbocycles. The van der Waals surface area contributed by atoms with Gasteiger partial charge >= 0.3 is 0 Å². The second-order valence-electron chi connectivity index (χ2n) is 7.00. The molecule has 7 heteroatoms. The Hall–Kier alpha value is -3.97. The predicted octanol–water partition coefficient (Wildman–Crippen LogP) is 4.62. The summed E-state index contributed by atoms with van der Waals surface area (Å²) in [7, 11) is -3.59. The van der Waals surface area contributed by atoms with Crippen molar-refractivity contribution in [3.8, 4) is 23.0 Å². The molecule has 164 valence electrons. The summed E-state index contributed by atoms with van der Waals surface area (Å²) in [5.74, 6) is 0.582. The summed E-state index contributed by atoms with van der Waals surface area (Å²) < 4.78 is 24.2. The van der Waals surface area contributed by atoms with Crippen molar-refractivity contribution in [3.63, 3.8) is 0 Å². The van der Waals surface area contributed by atoms with E-state index in [1.165, 1.54) is 48.5 Å². The average molecular weight is 451 g/mol. The van der Waals surface area contributed by atoms with Gasteiger partial charge in [-0.2, -0.15) is 0 Å².